The molecule has 2 rings (SSSR count). The summed E-state index contributed by atoms with van der Waals surface area (Å²) in [5, 5.41) is 9.10. The highest BCUT2D eigenvalue weighted by Crippen LogP contribution is 2.26. The second-order valence-corrected chi connectivity index (χ2v) is 6.68. The molecule has 0 radical (unpaired) electrons. The van der Waals surface area contributed by atoms with Crippen LogP contribution in [0.1, 0.15) is 25.8 Å². The van der Waals surface area contributed by atoms with Gasteiger partial charge in [-0.15, -0.1) is 0 Å². The van der Waals surface area contributed by atoms with Gasteiger partial charge in [-0.2, -0.15) is 0 Å². The van der Waals surface area contributed by atoms with Gasteiger partial charge in [0.1, 0.15) is 18.1 Å². The lowest BCUT2D eigenvalue weighted by molar-refractivity contribution is -0.141. The number of hydrogen-bond acceptors (Lipinski definition) is 5. The van der Waals surface area contributed by atoms with Crippen LogP contribution in [-0.2, 0) is 16.0 Å². The van der Waals surface area contributed by atoms with E-state index in [1.165, 1.54) is 0 Å². The molecular weight excluding hydrogens is 348 g/mol. The number of aliphatic carboxylic acids is 1. The van der Waals surface area contributed by atoms with Gasteiger partial charge >= 0.3 is 5.97 Å². The Labute approximate surface area is 160 Å². The molecule has 1 atom stereocenters. The Bertz CT molecular complexity index is 645. The third-order valence-corrected chi connectivity index (χ3v) is 5.05. The van der Waals surface area contributed by atoms with E-state index in [0.717, 1.165) is 36.7 Å². The second-order valence-electron chi connectivity index (χ2n) is 6.68. The number of rotatable bonds is 11. The van der Waals surface area contributed by atoms with Crippen molar-refractivity contribution < 1.29 is 24.2 Å². The van der Waals surface area contributed by atoms with E-state index in [1.807, 2.05) is 18.2 Å². The number of carboxylic acid groups (broad SMARTS) is 1. The third-order valence-electron chi connectivity index (χ3n) is 5.05. The van der Waals surface area contributed by atoms with E-state index in [1.54, 1.807) is 12.0 Å². The Balaban J connectivity index is 1.98. The fourth-order valence-electron chi connectivity index (χ4n) is 3.24. The van der Waals surface area contributed by atoms with Crippen molar-refractivity contribution in [3.8, 4) is 11.5 Å². The molecule has 1 aromatic rings. The van der Waals surface area contributed by atoms with Gasteiger partial charge in [-0.1, -0.05) is 19.9 Å². The minimum atomic E-state index is -0.907. The van der Waals surface area contributed by atoms with E-state index < -0.39 is 11.9 Å². The zero-order chi connectivity index (χ0) is 19.8. The lowest BCUT2D eigenvalue weighted by atomic mass is 10.1. The molecule has 7 nitrogen and oxygen atoms in total. The molecular formula is C20H30N2O5. The van der Waals surface area contributed by atoms with Gasteiger partial charge < -0.3 is 24.4 Å². The number of likely N-dealkylation sites (tertiary alicyclic amines) is 1. The highest BCUT2D eigenvalue weighted by atomic mass is 16.5. The molecule has 1 fully saturated rings. The van der Waals surface area contributed by atoms with Gasteiger partial charge in [-0.3, -0.25) is 9.59 Å². The van der Waals surface area contributed by atoms with Gasteiger partial charge in [0.25, 0.3) is 0 Å². The number of methoxy groups -OCH3 is 1. The van der Waals surface area contributed by atoms with Gasteiger partial charge in [0.2, 0.25) is 5.91 Å². The molecule has 150 valence electrons. The van der Waals surface area contributed by atoms with E-state index in [9.17, 15) is 9.59 Å². The van der Waals surface area contributed by atoms with Gasteiger partial charge in [-0.05, 0) is 31.1 Å². The molecule has 1 aromatic carbocycles. The van der Waals surface area contributed by atoms with Crippen LogP contribution in [0.25, 0.3) is 0 Å². The molecule has 27 heavy (non-hydrogen) atoms. The van der Waals surface area contributed by atoms with Crippen molar-refractivity contribution >= 4 is 11.9 Å². The molecule has 0 bridgehead atoms. The van der Waals surface area contributed by atoms with Crippen molar-refractivity contribution in [1.82, 2.24) is 9.80 Å². The summed E-state index contributed by atoms with van der Waals surface area (Å²) in [6.07, 6.45) is 0.702. The molecule has 1 aliphatic heterocycles. The summed E-state index contributed by atoms with van der Waals surface area (Å²) in [5.41, 5.74) is 0.988. The molecule has 1 amide bonds. The van der Waals surface area contributed by atoms with E-state index in [2.05, 4.69) is 18.7 Å². The molecule has 1 aliphatic rings. The first-order chi connectivity index (χ1) is 13.0. The molecule has 0 aromatic heterocycles. The normalized spacial score (nSPS) is 16.8. The molecule has 1 N–H and O–H groups in total. The number of nitrogens with zero attached hydrogens (tertiary/aromatic N) is 2. The minimum Gasteiger partial charge on any atom is -0.497 e. The Hall–Kier alpha value is -2.28. The number of hydrogen-bond donors (Lipinski definition) is 1. The quantitative estimate of drug-likeness (QED) is 0.633. The van der Waals surface area contributed by atoms with Crippen molar-refractivity contribution in [3.63, 3.8) is 0 Å². The van der Waals surface area contributed by atoms with Gasteiger partial charge in [0.15, 0.2) is 0 Å². The molecule has 1 unspecified atom stereocenters. The first kappa shape index (κ1) is 21.0. The number of benzene rings is 1. The SMILES string of the molecule is CCN(CC)CCOc1cc(OC)ccc1CCN1CC(C(=O)O)CC1=O. The number of amides is 1. The van der Waals surface area contributed by atoms with Crippen LogP contribution in [-0.4, -0.2) is 73.2 Å². The summed E-state index contributed by atoms with van der Waals surface area (Å²) >= 11 is 0. The molecule has 0 spiro atoms. The molecule has 0 aliphatic carbocycles. The van der Waals surface area contributed by atoms with Gasteiger partial charge in [0, 0.05) is 32.1 Å². The van der Waals surface area contributed by atoms with Crippen molar-refractivity contribution in [1.29, 1.82) is 0 Å². The lowest BCUT2D eigenvalue weighted by Crippen LogP contribution is -2.29. The van der Waals surface area contributed by atoms with Crippen molar-refractivity contribution in [2.45, 2.75) is 26.7 Å². The van der Waals surface area contributed by atoms with Crippen LogP contribution < -0.4 is 9.47 Å². The maximum Gasteiger partial charge on any atom is 0.308 e. The highest BCUT2D eigenvalue weighted by Gasteiger charge is 2.33. The van der Waals surface area contributed by atoms with E-state index in [-0.39, 0.29) is 18.9 Å². The number of ether oxygens (including phenoxy) is 2. The Morgan fingerprint density at radius 1 is 1.33 bits per heavy atom. The van der Waals surface area contributed by atoms with Crippen LogP contribution in [0.3, 0.4) is 0 Å². The Morgan fingerprint density at radius 3 is 2.67 bits per heavy atom. The zero-order valence-corrected chi connectivity index (χ0v) is 16.4. The Kier molecular flexibility index (Phi) is 7.91. The predicted molar refractivity (Wildman–Crippen MR) is 102 cm³/mol. The van der Waals surface area contributed by atoms with E-state index in [0.29, 0.717) is 19.6 Å². The maximum absolute atomic E-state index is 12.0. The number of carbonyl (C=O) groups excluding carboxylic acids is 1. The Morgan fingerprint density at radius 2 is 2.07 bits per heavy atom. The molecule has 1 saturated heterocycles. The second kappa shape index (κ2) is 10.2. The van der Waals surface area contributed by atoms with Crippen LogP contribution in [0.15, 0.2) is 18.2 Å². The number of carbonyl (C=O) groups is 2. The monoisotopic (exact) mass is 378 g/mol. The van der Waals surface area contributed by atoms with Crippen molar-refractivity contribution in [2.24, 2.45) is 5.92 Å². The summed E-state index contributed by atoms with van der Waals surface area (Å²) in [4.78, 5) is 27.0. The summed E-state index contributed by atoms with van der Waals surface area (Å²) < 4.78 is 11.3. The predicted octanol–water partition coefficient (Wildman–Crippen LogP) is 1.89. The summed E-state index contributed by atoms with van der Waals surface area (Å²) in [6, 6.07) is 5.68. The largest absolute Gasteiger partial charge is 0.497 e. The standard InChI is InChI=1S/C20H30N2O5/c1-4-21(5-2)10-11-27-18-13-17(26-3)7-6-15(18)8-9-22-14-16(20(24)25)12-19(22)23/h6-7,13,16H,4-5,8-12,14H2,1-3H3,(H,24,25). The van der Waals surface area contributed by atoms with Crippen LogP contribution in [0.2, 0.25) is 0 Å². The summed E-state index contributed by atoms with van der Waals surface area (Å²) in [6.45, 7) is 8.39. The van der Waals surface area contributed by atoms with Gasteiger partial charge in [-0.25, -0.2) is 0 Å². The fraction of sp³-hybridized carbons (Fsp3) is 0.600. The highest BCUT2D eigenvalue weighted by molar-refractivity contribution is 5.86. The maximum atomic E-state index is 12.0. The summed E-state index contributed by atoms with van der Waals surface area (Å²) in [5.74, 6) is -0.128. The fourth-order valence-corrected chi connectivity index (χ4v) is 3.24. The summed E-state index contributed by atoms with van der Waals surface area (Å²) in [7, 11) is 1.61. The smallest absolute Gasteiger partial charge is 0.308 e. The van der Waals surface area contributed by atoms with Crippen LogP contribution >= 0.6 is 0 Å². The van der Waals surface area contributed by atoms with Crippen LogP contribution in [0.4, 0.5) is 0 Å². The van der Waals surface area contributed by atoms with Crippen molar-refractivity contribution in [3.05, 3.63) is 23.8 Å². The number of likely N-dealkylation sites (N-methyl/N-ethyl adjacent to an activating group) is 1. The minimum absolute atomic E-state index is 0.0885. The van der Waals surface area contributed by atoms with Crippen molar-refractivity contribution in [2.75, 3.05) is 46.4 Å². The van der Waals surface area contributed by atoms with E-state index in [4.69, 9.17) is 14.6 Å². The van der Waals surface area contributed by atoms with E-state index >= 15 is 0 Å². The first-order valence-electron chi connectivity index (χ1n) is 9.51. The molecule has 0 saturated carbocycles. The van der Waals surface area contributed by atoms with Crippen LogP contribution in [0.5, 0.6) is 11.5 Å². The number of carboxylic acids is 1. The average molecular weight is 378 g/mol. The lowest BCUT2D eigenvalue weighted by Gasteiger charge is -2.20. The molecule has 1 heterocycles. The average Bonchev–Trinajstić information content (AvgIpc) is 3.05. The molecule has 7 heteroatoms. The first-order valence-corrected chi connectivity index (χ1v) is 9.51. The topological polar surface area (TPSA) is 79.3 Å². The van der Waals surface area contributed by atoms with Gasteiger partial charge in [0.05, 0.1) is 13.0 Å². The third kappa shape index (κ3) is 5.85. The zero-order valence-electron chi connectivity index (χ0n) is 16.4. The van der Waals surface area contributed by atoms with Crippen LogP contribution in [0, 0.1) is 5.92 Å².